The van der Waals surface area contributed by atoms with Gasteiger partial charge in [-0.1, -0.05) is 11.6 Å². The van der Waals surface area contributed by atoms with Gasteiger partial charge in [0.2, 0.25) is 5.82 Å². The summed E-state index contributed by atoms with van der Waals surface area (Å²) in [6.07, 6.45) is 1.15. The highest BCUT2D eigenvalue weighted by Crippen LogP contribution is 2.19. The number of hydrogen-bond donors (Lipinski definition) is 1. The lowest BCUT2D eigenvalue weighted by Crippen LogP contribution is -2.13. The van der Waals surface area contributed by atoms with E-state index in [1.807, 2.05) is 0 Å². The Morgan fingerprint density at radius 3 is 2.70 bits per heavy atom. The van der Waals surface area contributed by atoms with Crippen LogP contribution in [-0.2, 0) is 0 Å². The van der Waals surface area contributed by atoms with Crippen LogP contribution in [0.25, 0.3) is 0 Å². The number of amides is 1. The van der Waals surface area contributed by atoms with Crippen molar-refractivity contribution in [2.75, 3.05) is 5.32 Å². The van der Waals surface area contributed by atoms with Crippen LogP contribution in [0, 0.1) is 15.9 Å². The van der Waals surface area contributed by atoms with E-state index in [-0.39, 0.29) is 16.5 Å². The van der Waals surface area contributed by atoms with Gasteiger partial charge in [0.15, 0.2) is 0 Å². The van der Waals surface area contributed by atoms with Crippen molar-refractivity contribution in [3.05, 3.63) is 57.2 Å². The van der Waals surface area contributed by atoms with E-state index in [0.29, 0.717) is 0 Å². The summed E-state index contributed by atoms with van der Waals surface area (Å²) in [7, 11) is 0. The van der Waals surface area contributed by atoms with Gasteiger partial charge >= 0.3 is 5.69 Å². The Morgan fingerprint density at radius 1 is 1.35 bits per heavy atom. The molecule has 102 valence electrons. The van der Waals surface area contributed by atoms with Crippen molar-refractivity contribution in [1.29, 1.82) is 0 Å². The molecule has 20 heavy (non-hydrogen) atoms. The summed E-state index contributed by atoms with van der Waals surface area (Å²) in [5, 5.41) is 13.0. The number of aromatic nitrogens is 2. The van der Waals surface area contributed by atoms with Gasteiger partial charge in [-0.05, 0) is 12.1 Å². The Hall–Kier alpha value is -2.61. The van der Waals surface area contributed by atoms with Crippen molar-refractivity contribution < 1.29 is 14.1 Å². The number of nitro benzene ring substituents is 1. The highest BCUT2D eigenvalue weighted by Gasteiger charge is 2.17. The van der Waals surface area contributed by atoms with E-state index in [2.05, 4.69) is 15.3 Å². The van der Waals surface area contributed by atoms with Crippen molar-refractivity contribution >= 4 is 29.0 Å². The number of halogens is 2. The van der Waals surface area contributed by atoms with E-state index in [1.165, 1.54) is 6.07 Å². The van der Waals surface area contributed by atoms with E-state index in [9.17, 15) is 19.3 Å². The maximum Gasteiger partial charge on any atom is 0.304 e. The minimum Gasteiger partial charge on any atom is -0.306 e. The average Bonchev–Trinajstić information content (AvgIpc) is 2.38. The summed E-state index contributed by atoms with van der Waals surface area (Å²) >= 11 is 5.62. The highest BCUT2D eigenvalue weighted by atomic mass is 35.5. The minimum atomic E-state index is -1.09. The maximum absolute atomic E-state index is 13.4. The second-order valence-corrected chi connectivity index (χ2v) is 3.99. The number of rotatable bonds is 3. The lowest BCUT2D eigenvalue weighted by molar-refractivity contribution is -0.387. The molecule has 0 bridgehead atoms. The molecule has 2 aromatic rings. The van der Waals surface area contributed by atoms with Crippen molar-refractivity contribution in [2.24, 2.45) is 0 Å². The van der Waals surface area contributed by atoms with Gasteiger partial charge in [0.05, 0.1) is 4.92 Å². The van der Waals surface area contributed by atoms with Gasteiger partial charge in [0, 0.05) is 17.7 Å². The van der Waals surface area contributed by atoms with Crippen LogP contribution >= 0.6 is 11.6 Å². The summed E-state index contributed by atoms with van der Waals surface area (Å²) in [5.74, 6) is -1.63. The molecule has 0 aliphatic carbocycles. The van der Waals surface area contributed by atoms with Crippen molar-refractivity contribution in [3.63, 3.8) is 0 Å². The number of carbonyl (C=O) groups is 1. The SMILES string of the molecule is O=C(Nc1cc(Cl)ncn1)c1ccc([N+](=O)[O-])c(F)c1. The summed E-state index contributed by atoms with van der Waals surface area (Å²) in [4.78, 5) is 28.8. The van der Waals surface area contributed by atoms with Crippen molar-refractivity contribution in [1.82, 2.24) is 9.97 Å². The van der Waals surface area contributed by atoms with E-state index in [0.717, 1.165) is 24.5 Å². The topological polar surface area (TPSA) is 98.0 Å². The molecule has 9 heteroatoms. The van der Waals surface area contributed by atoms with Crippen LogP contribution < -0.4 is 5.32 Å². The summed E-state index contributed by atoms with van der Waals surface area (Å²) < 4.78 is 13.4. The predicted molar refractivity (Wildman–Crippen MR) is 68.0 cm³/mol. The predicted octanol–water partition coefficient (Wildman–Crippen LogP) is 2.43. The zero-order valence-electron chi connectivity index (χ0n) is 9.71. The standard InChI is InChI=1S/C11H6ClFN4O3/c12-9-4-10(15-5-14-9)16-11(18)6-1-2-8(17(19)20)7(13)3-6/h1-5H,(H,14,15,16,18). The number of hydrogen-bond acceptors (Lipinski definition) is 5. The second-order valence-electron chi connectivity index (χ2n) is 3.60. The van der Waals surface area contributed by atoms with Gasteiger partial charge in [0.25, 0.3) is 5.91 Å². The molecule has 0 saturated carbocycles. The molecule has 0 saturated heterocycles. The zero-order chi connectivity index (χ0) is 14.7. The van der Waals surface area contributed by atoms with Crippen LogP contribution in [0.2, 0.25) is 5.15 Å². The molecule has 0 radical (unpaired) electrons. The van der Waals surface area contributed by atoms with Gasteiger partial charge in [-0.15, -0.1) is 0 Å². The second kappa shape index (κ2) is 5.57. The number of nitrogens with one attached hydrogen (secondary N) is 1. The van der Waals surface area contributed by atoms with Crippen LogP contribution in [0.1, 0.15) is 10.4 Å². The number of carbonyl (C=O) groups excluding carboxylic acids is 1. The normalized spacial score (nSPS) is 10.1. The molecule has 0 atom stereocenters. The third-order valence-electron chi connectivity index (χ3n) is 2.28. The fraction of sp³-hybridized carbons (Fsp3) is 0. The molecular formula is C11H6ClFN4O3. The third kappa shape index (κ3) is 3.04. The van der Waals surface area contributed by atoms with Gasteiger partial charge in [-0.25, -0.2) is 9.97 Å². The van der Waals surface area contributed by atoms with Gasteiger partial charge < -0.3 is 5.32 Å². The minimum absolute atomic E-state index is 0.0807. The Balaban J connectivity index is 2.22. The fourth-order valence-corrected chi connectivity index (χ4v) is 1.53. The number of nitro groups is 1. The van der Waals surface area contributed by atoms with E-state index < -0.39 is 22.3 Å². The molecular weight excluding hydrogens is 291 g/mol. The average molecular weight is 297 g/mol. The van der Waals surface area contributed by atoms with Gasteiger partial charge in [0.1, 0.15) is 17.3 Å². The Morgan fingerprint density at radius 2 is 2.10 bits per heavy atom. The third-order valence-corrected chi connectivity index (χ3v) is 2.49. The zero-order valence-corrected chi connectivity index (χ0v) is 10.5. The molecule has 1 amide bonds. The van der Waals surface area contributed by atoms with Crippen LogP contribution in [-0.4, -0.2) is 20.8 Å². The Bertz CT molecular complexity index is 695. The molecule has 2 rings (SSSR count). The van der Waals surface area contributed by atoms with E-state index in [4.69, 9.17) is 11.6 Å². The first kappa shape index (κ1) is 13.8. The molecule has 7 nitrogen and oxygen atoms in total. The monoisotopic (exact) mass is 296 g/mol. The molecule has 1 aromatic heterocycles. The van der Waals surface area contributed by atoms with Crippen LogP contribution in [0.5, 0.6) is 0 Å². The smallest absolute Gasteiger partial charge is 0.304 e. The maximum atomic E-state index is 13.4. The molecule has 0 fully saturated rings. The van der Waals surface area contributed by atoms with Gasteiger partial charge in [-0.2, -0.15) is 4.39 Å². The van der Waals surface area contributed by atoms with Crippen molar-refractivity contribution in [2.45, 2.75) is 0 Å². The molecule has 1 heterocycles. The van der Waals surface area contributed by atoms with E-state index >= 15 is 0 Å². The highest BCUT2D eigenvalue weighted by molar-refractivity contribution is 6.29. The summed E-state index contributed by atoms with van der Waals surface area (Å²) in [5.41, 5.74) is -0.783. The Kier molecular flexibility index (Phi) is 3.85. The molecule has 0 aliphatic rings. The quantitative estimate of drug-likeness (QED) is 0.533. The van der Waals surface area contributed by atoms with Crippen LogP contribution in [0.15, 0.2) is 30.6 Å². The lowest BCUT2D eigenvalue weighted by atomic mass is 10.2. The molecule has 1 N–H and O–H groups in total. The number of anilines is 1. The lowest BCUT2D eigenvalue weighted by Gasteiger charge is -2.04. The molecule has 0 aliphatic heterocycles. The van der Waals surface area contributed by atoms with Crippen LogP contribution in [0.3, 0.4) is 0 Å². The first-order valence-electron chi connectivity index (χ1n) is 5.20. The molecule has 0 unspecified atom stereocenters. The number of benzene rings is 1. The van der Waals surface area contributed by atoms with Crippen LogP contribution in [0.4, 0.5) is 15.9 Å². The van der Waals surface area contributed by atoms with Gasteiger partial charge in [-0.3, -0.25) is 14.9 Å². The summed E-state index contributed by atoms with van der Waals surface area (Å²) in [6.45, 7) is 0. The Labute approximate surface area is 116 Å². The van der Waals surface area contributed by atoms with E-state index in [1.54, 1.807) is 0 Å². The molecule has 1 aromatic carbocycles. The largest absolute Gasteiger partial charge is 0.306 e. The molecule has 0 spiro atoms. The number of nitrogens with zero attached hydrogens (tertiary/aromatic N) is 3. The first-order chi connectivity index (χ1) is 9.47. The van der Waals surface area contributed by atoms with Crippen molar-refractivity contribution in [3.8, 4) is 0 Å². The first-order valence-corrected chi connectivity index (χ1v) is 5.58. The fourth-order valence-electron chi connectivity index (χ4n) is 1.39. The summed E-state index contributed by atoms with van der Waals surface area (Å²) in [6, 6.07) is 4.13.